The summed E-state index contributed by atoms with van der Waals surface area (Å²) in [5.41, 5.74) is 2.55. The molecule has 3 rings (SSSR count). The molecule has 2 aromatic rings. The van der Waals surface area contributed by atoms with E-state index in [0.717, 1.165) is 31.0 Å². The summed E-state index contributed by atoms with van der Waals surface area (Å²) in [6.07, 6.45) is 1.90. The highest BCUT2D eigenvalue weighted by Crippen LogP contribution is 2.27. The molecule has 2 heterocycles. The molecule has 4 nitrogen and oxygen atoms in total. The minimum atomic E-state index is -1.03. The Morgan fingerprint density at radius 2 is 2.20 bits per heavy atom. The lowest BCUT2D eigenvalue weighted by Gasteiger charge is -2.03. The van der Waals surface area contributed by atoms with Gasteiger partial charge < -0.3 is 14.3 Å². The van der Waals surface area contributed by atoms with E-state index < -0.39 is 5.97 Å². The van der Waals surface area contributed by atoms with E-state index >= 15 is 0 Å². The van der Waals surface area contributed by atoms with Crippen LogP contribution < -0.4 is 4.74 Å². The van der Waals surface area contributed by atoms with Crippen LogP contribution in [0.1, 0.15) is 21.7 Å². The third kappa shape index (κ3) is 2.82. The molecule has 0 aliphatic carbocycles. The lowest BCUT2D eigenvalue weighted by atomic mass is 10.1. The second-order valence-electron chi connectivity index (χ2n) is 4.56. The number of carboxylic acid groups (broad SMARTS) is 1. The minimum Gasteiger partial charge on any atom is -0.493 e. The van der Waals surface area contributed by atoms with Gasteiger partial charge in [-0.25, -0.2) is 4.79 Å². The van der Waals surface area contributed by atoms with Crippen molar-refractivity contribution in [1.29, 1.82) is 0 Å². The Morgan fingerprint density at radius 1 is 1.30 bits per heavy atom. The molecule has 0 spiro atoms. The predicted octanol–water partition coefficient (Wildman–Crippen LogP) is 3.25. The maximum atomic E-state index is 10.7. The lowest BCUT2D eigenvalue weighted by molar-refractivity contribution is 0.0656. The van der Waals surface area contributed by atoms with Crippen molar-refractivity contribution in [1.82, 2.24) is 0 Å². The van der Waals surface area contributed by atoms with Crippen LogP contribution in [-0.2, 0) is 12.8 Å². The first-order valence-corrected chi connectivity index (χ1v) is 7.41. The van der Waals surface area contributed by atoms with Crippen LogP contribution in [0.4, 0.5) is 0 Å². The molecule has 104 valence electrons. The van der Waals surface area contributed by atoms with Crippen LogP contribution >= 0.6 is 11.8 Å². The van der Waals surface area contributed by atoms with Crippen LogP contribution in [0.3, 0.4) is 0 Å². The van der Waals surface area contributed by atoms with E-state index in [1.54, 1.807) is 6.07 Å². The summed E-state index contributed by atoms with van der Waals surface area (Å²) < 4.78 is 10.7. The minimum absolute atomic E-state index is 0.0119. The number of rotatable bonds is 5. The smallest absolute Gasteiger partial charge is 0.371 e. The van der Waals surface area contributed by atoms with Crippen molar-refractivity contribution in [3.63, 3.8) is 0 Å². The van der Waals surface area contributed by atoms with Gasteiger partial charge in [-0.15, -0.1) is 0 Å². The number of hydrogen-bond acceptors (Lipinski definition) is 4. The van der Waals surface area contributed by atoms with Crippen molar-refractivity contribution in [2.45, 2.75) is 17.9 Å². The first-order chi connectivity index (χ1) is 9.72. The summed E-state index contributed by atoms with van der Waals surface area (Å²) in [6.45, 7) is 0.776. The molecule has 0 amide bonds. The molecule has 1 aliphatic rings. The highest BCUT2D eigenvalue weighted by Gasteiger charge is 2.12. The van der Waals surface area contributed by atoms with E-state index in [4.69, 9.17) is 14.3 Å². The van der Waals surface area contributed by atoms with Gasteiger partial charge in [-0.1, -0.05) is 23.9 Å². The number of fused-ring (bicyclic) bond motifs is 1. The van der Waals surface area contributed by atoms with E-state index in [2.05, 4.69) is 12.1 Å². The quantitative estimate of drug-likeness (QED) is 0.857. The molecule has 1 aliphatic heterocycles. The van der Waals surface area contributed by atoms with E-state index in [1.807, 2.05) is 6.07 Å². The summed E-state index contributed by atoms with van der Waals surface area (Å²) in [4.78, 5) is 10.7. The van der Waals surface area contributed by atoms with Crippen LogP contribution in [0.15, 0.2) is 39.8 Å². The number of thioether (sulfide) groups is 1. The SMILES string of the molecule is O=C(O)c1ccc(SCCc2ccc3c(c2)CCO3)o1. The maximum absolute atomic E-state index is 10.7. The zero-order valence-corrected chi connectivity index (χ0v) is 11.6. The van der Waals surface area contributed by atoms with Gasteiger partial charge in [-0.3, -0.25) is 0 Å². The van der Waals surface area contributed by atoms with Gasteiger partial charge in [0.15, 0.2) is 5.09 Å². The number of carboxylic acids is 1. The number of hydrogen-bond donors (Lipinski definition) is 1. The van der Waals surface area contributed by atoms with Crippen LogP contribution in [0, 0.1) is 0 Å². The van der Waals surface area contributed by atoms with Crippen LogP contribution in [0.2, 0.25) is 0 Å². The van der Waals surface area contributed by atoms with Gasteiger partial charge in [-0.2, -0.15) is 0 Å². The van der Waals surface area contributed by atoms with Gasteiger partial charge in [0.2, 0.25) is 5.76 Å². The third-order valence-electron chi connectivity index (χ3n) is 3.18. The van der Waals surface area contributed by atoms with Crippen molar-refractivity contribution in [3.8, 4) is 5.75 Å². The van der Waals surface area contributed by atoms with Crippen molar-refractivity contribution < 1.29 is 19.1 Å². The number of aromatic carboxylic acids is 1. The van der Waals surface area contributed by atoms with Gasteiger partial charge in [0.1, 0.15) is 5.75 Å². The first kappa shape index (κ1) is 13.1. The van der Waals surface area contributed by atoms with E-state index in [1.165, 1.54) is 29.0 Å². The van der Waals surface area contributed by atoms with E-state index in [9.17, 15) is 4.79 Å². The average molecular weight is 290 g/mol. The molecule has 1 N–H and O–H groups in total. The molecule has 0 saturated heterocycles. The summed E-state index contributed by atoms with van der Waals surface area (Å²) in [6, 6.07) is 9.48. The second kappa shape index (κ2) is 5.63. The van der Waals surface area contributed by atoms with Gasteiger partial charge in [0.05, 0.1) is 6.61 Å². The van der Waals surface area contributed by atoms with Gasteiger partial charge in [0.25, 0.3) is 0 Å². The predicted molar refractivity (Wildman–Crippen MR) is 75.7 cm³/mol. The summed E-state index contributed by atoms with van der Waals surface area (Å²) >= 11 is 1.53. The first-order valence-electron chi connectivity index (χ1n) is 6.43. The Morgan fingerprint density at radius 3 is 3.00 bits per heavy atom. The molecule has 20 heavy (non-hydrogen) atoms. The Hall–Kier alpha value is -1.88. The van der Waals surface area contributed by atoms with Gasteiger partial charge >= 0.3 is 5.97 Å². The molecule has 0 fully saturated rings. The van der Waals surface area contributed by atoms with E-state index in [0.29, 0.717) is 5.09 Å². The summed E-state index contributed by atoms with van der Waals surface area (Å²) in [5.74, 6) is 0.808. The third-order valence-corrected chi connectivity index (χ3v) is 4.09. The molecule has 0 bridgehead atoms. The second-order valence-corrected chi connectivity index (χ2v) is 5.66. The number of benzene rings is 1. The average Bonchev–Trinajstić information content (AvgIpc) is 3.06. The Kier molecular flexibility index (Phi) is 3.69. The molecule has 0 atom stereocenters. The Bertz CT molecular complexity index is 633. The van der Waals surface area contributed by atoms with Crippen LogP contribution in [0.5, 0.6) is 5.75 Å². The maximum Gasteiger partial charge on any atom is 0.371 e. The monoisotopic (exact) mass is 290 g/mol. The molecule has 0 radical (unpaired) electrons. The van der Waals surface area contributed by atoms with Crippen molar-refractivity contribution in [3.05, 3.63) is 47.2 Å². The zero-order chi connectivity index (χ0) is 13.9. The van der Waals surface area contributed by atoms with E-state index in [-0.39, 0.29) is 5.76 Å². The zero-order valence-electron chi connectivity index (χ0n) is 10.8. The van der Waals surface area contributed by atoms with Crippen molar-refractivity contribution >= 4 is 17.7 Å². The molecular formula is C15H14O4S. The number of furan rings is 1. The molecule has 5 heteroatoms. The number of ether oxygens (including phenoxy) is 1. The topological polar surface area (TPSA) is 59.7 Å². The normalized spacial score (nSPS) is 13.0. The molecule has 1 aromatic heterocycles. The van der Waals surface area contributed by atoms with Gasteiger partial charge in [0, 0.05) is 12.2 Å². The Labute approximate surface area is 120 Å². The highest BCUT2D eigenvalue weighted by atomic mass is 32.2. The number of aryl methyl sites for hydroxylation is 1. The fraction of sp³-hybridized carbons (Fsp3) is 0.267. The standard InChI is InChI=1S/C15H14O4S/c16-15(17)13-3-4-14(19-13)20-8-6-10-1-2-12-11(9-10)5-7-18-12/h1-4,9H,5-8H2,(H,16,17). The Balaban J connectivity index is 1.55. The molecule has 1 aromatic carbocycles. The summed E-state index contributed by atoms with van der Waals surface area (Å²) in [5, 5.41) is 9.42. The van der Waals surface area contributed by atoms with Crippen molar-refractivity contribution in [2.75, 3.05) is 12.4 Å². The molecular weight excluding hydrogens is 276 g/mol. The summed E-state index contributed by atoms with van der Waals surface area (Å²) in [7, 11) is 0. The molecule has 0 unspecified atom stereocenters. The van der Waals surface area contributed by atoms with Crippen LogP contribution in [-0.4, -0.2) is 23.4 Å². The largest absolute Gasteiger partial charge is 0.493 e. The fourth-order valence-corrected chi connectivity index (χ4v) is 3.03. The molecule has 0 saturated carbocycles. The van der Waals surface area contributed by atoms with Crippen LogP contribution in [0.25, 0.3) is 0 Å². The highest BCUT2D eigenvalue weighted by molar-refractivity contribution is 7.99. The van der Waals surface area contributed by atoms with Crippen molar-refractivity contribution in [2.24, 2.45) is 0 Å². The lowest BCUT2D eigenvalue weighted by Crippen LogP contribution is -1.92. The fourth-order valence-electron chi connectivity index (χ4n) is 2.18. The van der Waals surface area contributed by atoms with Gasteiger partial charge in [-0.05, 0) is 35.7 Å². The number of carbonyl (C=O) groups is 1.